The highest BCUT2D eigenvalue weighted by Gasteiger charge is 1.65. The molecule has 0 fully saturated rings. The van der Waals surface area contributed by atoms with Gasteiger partial charge >= 0.3 is 6.09 Å². The molecule has 5 N–H and O–H groups in total. The Morgan fingerprint density at radius 3 is 2.11 bits per heavy atom. The van der Waals surface area contributed by atoms with Gasteiger partial charge in [-0.2, -0.15) is 0 Å². The Morgan fingerprint density at radius 1 is 1.78 bits per heavy atom. The Balaban J connectivity index is 0. The number of nitrogens with two attached hydrogens (primary N) is 2. The first-order valence-electron chi connectivity index (χ1n) is 2.32. The Hall–Kier alpha value is -0.810. The summed E-state index contributed by atoms with van der Waals surface area (Å²) in [4.78, 5) is 8.78. The third-order valence-corrected chi connectivity index (χ3v) is 0.322. The van der Waals surface area contributed by atoms with Crippen molar-refractivity contribution >= 4 is 6.09 Å². The number of carboxylic acid groups (broad SMARTS) is 1. The number of primary amides is 1. The molecule has 0 rings (SSSR count). The van der Waals surface area contributed by atoms with Crippen LogP contribution in [0.15, 0.2) is 0 Å². The van der Waals surface area contributed by atoms with E-state index in [0.717, 1.165) is 0 Å². The molecule has 0 bridgehead atoms. The van der Waals surface area contributed by atoms with Crippen LogP contribution in [-0.4, -0.2) is 31.5 Å². The molecule has 0 aliphatic rings. The predicted molar refractivity (Wildman–Crippen MR) is 33.1 cm³/mol. The lowest BCUT2D eigenvalue weighted by atomic mass is 10.7. The summed E-state index contributed by atoms with van der Waals surface area (Å²) in [5.41, 5.74) is 9.04. The Labute approximate surface area is 53.6 Å². The standard InChI is InChI=1S/C3H9NO.CH3NO2/c1-5-3-2-4;2-1(3)4/h2-4H2,1H3;2H2,(H,3,4). The highest BCUT2D eigenvalue weighted by Crippen LogP contribution is 1.53. The third kappa shape index (κ3) is 137. The predicted octanol–water partition coefficient (Wildman–Crippen LogP) is -0.785. The zero-order valence-corrected chi connectivity index (χ0v) is 5.33. The zero-order chi connectivity index (χ0) is 7.70. The Morgan fingerprint density at radius 2 is 2.11 bits per heavy atom. The molecule has 9 heavy (non-hydrogen) atoms. The molecule has 0 aromatic heterocycles. The highest BCUT2D eigenvalue weighted by atomic mass is 16.5. The quantitative estimate of drug-likeness (QED) is 0.463. The summed E-state index contributed by atoms with van der Waals surface area (Å²) in [5, 5.41) is 7.19. The number of methoxy groups -OCH3 is 1. The molecule has 1 amide bonds. The monoisotopic (exact) mass is 136 g/mol. The number of carbonyl (C=O) groups is 1. The molecule has 0 unspecified atom stereocenters. The number of hydrogen-bond donors (Lipinski definition) is 3. The third-order valence-electron chi connectivity index (χ3n) is 0.322. The van der Waals surface area contributed by atoms with Crippen LogP contribution in [0.4, 0.5) is 4.79 Å². The fourth-order valence-corrected chi connectivity index (χ4v) is 0.118. The van der Waals surface area contributed by atoms with E-state index in [-0.39, 0.29) is 0 Å². The molecule has 0 saturated carbocycles. The van der Waals surface area contributed by atoms with E-state index in [0.29, 0.717) is 13.2 Å². The molecule has 5 heteroatoms. The van der Waals surface area contributed by atoms with Crippen molar-refractivity contribution in [1.82, 2.24) is 0 Å². The molecule has 0 heterocycles. The second-order valence-corrected chi connectivity index (χ2v) is 1.12. The highest BCUT2D eigenvalue weighted by molar-refractivity contribution is 5.61. The first-order valence-corrected chi connectivity index (χ1v) is 2.32. The zero-order valence-electron chi connectivity index (χ0n) is 5.33. The van der Waals surface area contributed by atoms with Crippen LogP contribution in [-0.2, 0) is 4.74 Å². The molecule has 0 aromatic carbocycles. The fourth-order valence-electron chi connectivity index (χ4n) is 0.118. The SMILES string of the molecule is COCCN.NC(=O)O. The number of rotatable bonds is 2. The van der Waals surface area contributed by atoms with Gasteiger partial charge in [0.2, 0.25) is 0 Å². The van der Waals surface area contributed by atoms with Gasteiger partial charge in [0.15, 0.2) is 0 Å². The molecule has 0 atom stereocenters. The van der Waals surface area contributed by atoms with Crippen molar-refractivity contribution in [2.45, 2.75) is 0 Å². The summed E-state index contributed by atoms with van der Waals surface area (Å²) in [6.07, 6.45) is -1.33. The summed E-state index contributed by atoms with van der Waals surface area (Å²) >= 11 is 0. The van der Waals surface area contributed by atoms with E-state index in [1.54, 1.807) is 7.11 Å². The van der Waals surface area contributed by atoms with E-state index in [1.807, 2.05) is 0 Å². The summed E-state index contributed by atoms with van der Waals surface area (Å²) in [6, 6.07) is 0. The lowest BCUT2D eigenvalue weighted by Gasteiger charge is -1.85. The van der Waals surface area contributed by atoms with Gasteiger partial charge in [-0.05, 0) is 0 Å². The molecular weight excluding hydrogens is 124 g/mol. The lowest BCUT2D eigenvalue weighted by molar-refractivity contribution is 0.205. The van der Waals surface area contributed by atoms with Gasteiger partial charge in [0.05, 0.1) is 6.61 Å². The first kappa shape index (κ1) is 11.0. The van der Waals surface area contributed by atoms with E-state index >= 15 is 0 Å². The molecule has 0 aromatic rings. The largest absolute Gasteiger partial charge is 0.465 e. The normalized spacial score (nSPS) is 7.33. The van der Waals surface area contributed by atoms with Crippen LogP contribution in [0.5, 0.6) is 0 Å². The topological polar surface area (TPSA) is 98.6 Å². The van der Waals surface area contributed by atoms with E-state index in [1.165, 1.54) is 0 Å². The molecule has 0 aliphatic carbocycles. The van der Waals surface area contributed by atoms with Gasteiger partial charge in [0, 0.05) is 13.7 Å². The van der Waals surface area contributed by atoms with E-state index in [2.05, 4.69) is 10.5 Å². The molecule has 0 aliphatic heterocycles. The van der Waals surface area contributed by atoms with Crippen molar-refractivity contribution in [2.75, 3.05) is 20.3 Å². The maximum Gasteiger partial charge on any atom is 0.402 e. The second kappa shape index (κ2) is 10.2. The second-order valence-electron chi connectivity index (χ2n) is 1.12. The molecule has 0 radical (unpaired) electrons. The minimum Gasteiger partial charge on any atom is -0.465 e. The van der Waals surface area contributed by atoms with Gasteiger partial charge in [0.25, 0.3) is 0 Å². The van der Waals surface area contributed by atoms with Crippen molar-refractivity contribution in [3.63, 3.8) is 0 Å². The first-order chi connectivity index (χ1) is 4.15. The molecule has 0 spiro atoms. The van der Waals surface area contributed by atoms with E-state index < -0.39 is 6.09 Å². The Kier molecular flexibility index (Phi) is 12.6. The smallest absolute Gasteiger partial charge is 0.402 e. The summed E-state index contributed by atoms with van der Waals surface area (Å²) in [7, 11) is 1.63. The summed E-state index contributed by atoms with van der Waals surface area (Å²) in [6.45, 7) is 1.29. The molecule has 56 valence electrons. The van der Waals surface area contributed by atoms with Crippen molar-refractivity contribution in [3.05, 3.63) is 0 Å². The van der Waals surface area contributed by atoms with Crippen molar-refractivity contribution in [1.29, 1.82) is 0 Å². The van der Waals surface area contributed by atoms with E-state index in [9.17, 15) is 0 Å². The van der Waals surface area contributed by atoms with Crippen LogP contribution in [0.2, 0.25) is 0 Å². The maximum atomic E-state index is 8.78. The van der Waals surface area contributed by atoms with Crippen LogP contribution in [0.25, 0.3) is 0 Å². The van der Waals surface area contributed by atoms with Gasteiger partial charge < -0.3 is 21.3 Å². The van der Waals surface area contributed by atoms with Crippen LogP contribution in [0.1, 0.15) is 0 Å². The van der Waals surface area contributed by atoms with Crippen LogP contribution >= 0.6 is 0 Å². The summed E-state index contributed by atoms with van der Waals surface area (Å²) in [5.74, 6) is 0. The number of hydrogen-bond acceptors (Lipinski definition) is 3. The van der Waals surface area contributed by atoms with E-state index in [4.69, 9.17) is 15.6 Å². The average molecular weight is 136 g/mol. The van der Waals surface area contributed by atoms with Gasteiger partial charge in [-0.25, -0.2) is 4.79 Å². The van der Waals surface area contributed by atoms with Gasteiger partial charge in [-0.1, -0.05) is 0 Å². The maximum absolute atomic E-state index is 8.78. The average Bonchev–Trinajstić information content (AvgIpc) is 1.66. The minimum atomic E-state index is -1.33. The summed E-state index contributed by atoms with van der Waals surface area (Å²) < 4.78 is 4.57. The minimum absolute atomic E-state index is 0.622. The van der Waals surface area contributed by atoms with Crippen LogP contribution in [0, 0.1) is 0 Å². The van der Waals surface area contributed by atoms with Crippen molar-refractivity contribution in [2.24, 2.45) is 11.5 Å². The molecular formula is C4H12N2O3. The van der Waals surface area contributed by atoms with Gasteiger partial charge in [-0.3, -0.25) is 0 Å². The van der Waals surface area contributed by atoms with Crippen molar-refractivity contribution in [3.8, 4) is 0 Å². The number of amides is 1. The Bertz CT molecular complexity index is 60.8. The van der Waals surface area contributed by atoms with Crippen molar-refractivity contribution < 1.29 is 14.6 Å². The molecule has 5 nitrogen and oxygen atoms in total. The fraction of sp³-hybridized carbons (Fsp3) is 0.750. The van der Waals surface area contributed by atoms with Gasteiger partial charge in [0.1, 0.15) is 0 Å². The van der Waals surface area contributed by atoms with Crippen LogP contribution in [0.3, 0.4) is 0 Å². The van der Waals surface area contributed by atoms with Gasteiger partial charge in [-0.15, -0.1) is 0 Å². The number of ether oxygens (including phenoxy) is 1. The lowest BCUT2D eigenvalue weighted by Crippen LogP contribution is -2.05. The van der Waals surface area contributed by atoms with Crippen LogP contribution < -0.4 is 11.5 Å². The molecule has 0 saturated heterocycles.